The quantitative estimate of drug-likeness (QED) is 0.282. The van der Waals surface area contributed by atoms with Crippen molar-refractivity contribution in [1.82, 2.24) is 0 Å². The summed E-state index contributed by atoms with van der Waals surface area (Å²) in [5.41, 5.74) is 1.88. The zero-order chi connectivity index (χ0) is 16.2. The van der Waals surface area contributed by atoms with E-state index in [1.54, 1.807) is 6.92 Å². The van der Waals surface area contributed by atoms with Crippen LogP contribution in [0.4, 0.5) is 0 Å². The molecule has 0 atom stereocenters. The van der Waals surface area contributed by atoms with Gasteiger partial charge in [0.25, 0.3) is 0 Å². The number of carbonyl (C=O) groups excluding carboxylic acids is 1. The molecule has 0 radical (unpaired) electrons. The highest BCUT2D eigenvalue weighted by atomic mass is 16.5. The molecule has 0 aromatic heterocycles. The van der Waals surface area contributed by atoms with Gasteiger partial charge >= 0.3 is 5.97 Å². The van der Waals surface area contributed by atoms with Gasteiger partial charge in [-0.2, -0.15) is 5.26 Å². The van der Waals surface area contributed by atoms with Crippen molar-refractivity contribution in [2.24, 2.45) is 0 Å². The van der Waals surface area contributed by atoms with Crippen LogP contribution in [0.5, 0.6) is 0 Å². The molecular weight excluding hydrogens is 274 g/mol. The maximum Gasteiger partial charge on any atom is 0.349 e. The van der Waals surface area contributed by atoms with Crippen molar-refractivity contribution >= 4 is 11.5 Å². The van der Waals surface area contributed by atoms with Crippen molar-refractivity contribution in [2.75, 3.05) is 6.61 Å². The van der Waals surface area contributed by atoms with E-state index < -0.39 is 5.97 Å². The van der Waals surface area contributed by atoms with E-state index in [9.17, 15) is 10.1 Å². The van der Waals surface area contributed by atoms with Crippen LogP contribution < -0.4 is 0 Å². The van der Waals surface area contributed by atoms with E-state index in [0.29, 0.717) is 0 Å². The highest BCUT2D eigenvalue weighted by molar-refractivity contribution is 6.01. The third kappa shape index (κ3) is 5.73. The Balaban J connectivity index is 2.95. The lowest BCUT2D eigenvalue weighted by Crippen LogP contribution is -2.09. The van der Waals surface area contributed by atoms with Gasteiger partial charge < -0.3 is 4.74 Å². The van der Waals surface area contributed by atoms with Gasteiger partial charge in [-0.3, -0.25) is 0 Å². The van der Waals surface area contributed by atoms with Gasteiger partial charge in [0, 0.05) is 0 Å². The maximum absolute atomic E-state index is 12.0. The van der Waals surface area contributed by atoms with Gasteiger partial charge in [0.2, 0.25) is 0 Å². The van der Waals surface area contributed by atoms with Gasteiger partial charge in [0.1, 0.15) is 11.6 Å². The lowest BCUT2D eigenvalue weighted by molar-refractivity contribution is -0.137. The average Bonchev–Trinajstić information content (AvgIpc) is 2.54. The van der Waals surface area contributed by atoms with Crippen LogP contribution in [0.2, 0.25) is 0 Å². The second-order valence-electron chi connectivity index (χ2n) is 5.22. The zero-order valence-electron chi connectivity index (χ0n) is 13.6. The van der Waals surface area contributed by atoms with Crippen LogP contribution in [-0.4, -0.2) is 12.6 Å². The van der Waals surface area contributed by atoms with E-state index in [-0.39, 0.29) is 12.2 Å². The summed E-state index contributed by atoms with van der Waals surface area (Å²) in [5, 5.41) is 9.39. The molecule has 0 amide bonds. The first-order valence-electron chi connectivity index (χ1n) is 8.10. The molecule has 0 fully saturated rings. The number of hydrogen-bond donors (Lipinski definition) is 0. The average molecular weight is 299 g/mol. The summed E-state index contributed by atoms with van der Waals surface area (Å²) in [6.45, 7) is 4.21. The van der Waals surface area contributed by atoms with E-state index >= 15 is 0 Å². The zero-order valence-corrected chi connectivity index (χ0v) is 13.6. The van der Waals surface area contributed by atoms with Crippen molar-refractivity contribution in [2.45, 2.75) is 52.4 Å². The number of rotatable bonds is 9. The highest BCUT2D eigenvalue weighted by Gasteiger charge is 2.17. The second kappa shape index (κ2) is 10.6. The minimum atomic E-state index is -0.516. The number of nitrogens with zero attached hydrogens (tertiary/aromatic N) is 1. The first-order valence-corrected chi connectivity index (χ1v) is 8.10. The summed E-state index contributed by atoms with van der Waals surface area (Å²) in [4.78, 5) is 12.0. The van der Waals surface area contributed by atoms with Crippen LogP contribution in [0.25, 0.3) is 5.57 Å². The molecular formula is C19H25NO2. The van der Waals surface area contributed by atoms with Crippen molar-refractivity contribution in [3.05, 3.63) is 41.5 Å². The van der Waals surface area contributed by atoms with Crippen molar-refractivity contribution in [3.8, 4) is 6.07 Å². The molecule has 3 nitrogen and oxygen atoms in total. The molecule has 0 aliphatic rings. The van der Waals surface area contributed by atoms with Gasteiger partial charge in [0.15, 0.2) is 0 Å². The van der Waals surface area contributed by atoms with Gasteiger partial charge in [-0.1, -0.05) is 62.9 Å². The molecule has 1 aromatic rings. The third-order valence-corrected chi connectivity index (χ3v) is 3.55. The fourth-order valence-electron chi connectivity index (χ4n) is 2.40. The molecule has 118 valence electrons. The number of hydrogen-bond acceptors (Lipinski definition) is 3. The molecule has 22 heavy (non-hydrogen) atoms. The Bertz CT molecular complexity index is 526. The number of unbranched alkanes of at least 4 members (excludes halogenated alkanes) is 4. The van der Waals surface area contributed by atoms with Crippen molar-refractivity contribution in [3.63, 3.8) is 0 Å². The Labute approximate surface area is 133 Å². The smallest absolute Gasteiger partial charge is 0.349 e. The van der Waals surface area contributed by atoms with Crippen LogP contribution in [0.3, 0.4) is 0 Å². The number of allylic oxidation sites excluding steroid dienone is 1. The van der Waals surface area contributed by atoms with Crippen molar-refractivity contribution < 1.29 is 9.53 Å². The number of nitriles is 1. The van der Waals surface area contributed by atoms with E-state index in [1.165, 1.54) is 19.3 Å². The Hall–Kier alpha value is -2.08. The molecule has 0 N–H and O–H groups in total. The fourth-order valence-corrected chi connectivity index (χ4v) is 2.40. The van der Waals surface area contributed by atoms with Crippen LogP contribution in [0.15, 0.2) is 35.9 Å². The van der Waals surface area contributed by atoms with Gasteiger partial charge in [0.05, 0.1) is 6.61 Å². The molecule has 0 unspecified atom stereocenters. The monoisotopic (exact) mass is 299 g/mol. The molecule has 0 saturated carbocycles. The minimum Gasteiger partial charge on any atom is -0.462 e. The van der Waals surface area contributed by atoms with Crippen molar-refractivity contribution in [1.29, 1.82) is 5.26 Å². The minimum absolute atomic E-state index is 0.142. The Morgan fingerprint density at radius 2 is 1.77 bits per heavy atom. The predicted molar refractivity (Wildman–Crippen MR) is 89.0 cm³/mol. The molecule has 0 saturated heterocycles. The lowest BCUT2D eigenvalue weighted by Gasteiger charge is -2.11. The Kier molecular flexibility index (Phi) is 8.67. The summed E-state index contributed by atoms with van der Waals surface area (Å²) in [7, 11) is 0. The summed E-state index contributed by atoms with van der Waals surface area (Å²) in [5.74, 6) is -0.516. The third-order valence-electron chi connectivity index (χ3n) is 3.55. The molecule has 1 rings (SSSR count). The normalized spacial score (nSPS) is 11.5. The maximum atomic E-state index is 12.0. The number of benzene rings is 1. The SMILES string of the molecule is CCCCCCC/C(=C(/C#N)C(=O)OCC)c1ccccc1. The largest absolute Gasteiger partial charge is 0.462 e. The Morgan fingerprint density at radius 1 is 1.09 bits per heavy atom. The van der Waals surface area contributed by atoms with Gasteiger partial charge in [-0.15, -0.1) is 0 Å². The van der Waals surface area contributed by atoms with Gasteiger partial charge in [-0.05, 0) is 30.9 Å². The van der Waals surface area contributed by atoms with Crippen LogP contribution in [-0.2, 0) is 9.53 Å². The van der Waals surface area contributed by atoms with E-state index in [4.69, 9.17) is 4.74 Å². The summed E-state index contributed by atoms with van der Waals surface area (Å²) < 4.78 is 5.02. The molecule has 0 heterocycles. The van der Waals surface area contributed by atoms with E-state index in [2.05, 4.69) is 6.92 Å². The molecule has 0 bridgehead atoms. The summed E-state index contributed by atoms with van der Waals surface area (Å²) in [6, 6.07) is 11.7. The van der Waals surface area contributed by atoms with Crippen LogP contribution >= 0.6 is 0 Å². The first-order chi connectivity index (χ1) is 10.7. The van der Waals surface area contributed by atoms with Gasteiger partial charge in [-0.25, -0.2) is 4.79 Å². The second-order valence-corrected chi connectivity index (χ2v) is 5.22. The van der Waals surface area contributed by atoms with Crippen LogP contribution in [0.1, 0.15) is 57.9 Å². The molecule has 3 heteroatoms. The Morgan fingerprint density at radius 3 is 2.36 bits per heavy atom. The molecule has 1 aromatic carbocycles. The fraction of sp³-hybridized carbons (Fsp3) is 0.474. The number of carbonyl (C=O) groups is 1. The molecule has 0 aliphatic heterocycles. The van der Waals surface area contributed by atoms with Crippen LogP contribution in [0, 0.1) is 11.3 Å². The summed E-state index contributed by atoms with van der Waals surface area (Å²) in [6.07, 6.45) is 6.46. The molecule has 0 aliphatic carbocycles. The number of esters is 1. The topological polar surface area (TPSA) is 50.1 Å². The standard InChI is InChI=1S/C19H25NO2/c1-3-5-6-7-11-14-17(16-12-9-8-10-13-16)18(15-20)19(21)22-4-2/h8-10,12-13H,3-7,11,14H2,1-2H3/b18-17+. The summed E-state index contributed by atoms with van der Waals surface area (Å²) >= 11 is 0. The van der Waals surface area contributed by atoms with E-state index in [1.807, 2.05) is 36.4 Å². The lowest BCUT2D eigenvalue weighted by atomic mass is 9.94. The van der Waals surface area contributed by atoms with E-state index in [0.717, 1.165) is 30.4 Å². The molecule has 0 spiro atoms. The first kappa shape index (κ1) is 18.0. The highest BCUT2D eigenvalue weighted by Crippen LogP contribution is 2.26. The predicted octanol–water partition coefficient (Wildman–Crippen LogP) is 4.89. The number of ether oxygens (including phenoxy) is 1.